The molecule has 1 unspecified atom stereocenters. The highest BCUT2D eigenvalue weighted by Gasteiger charge is 2.14. The average molecular weight is 160 g/mol. The molecule has 0 heterocycles. The van der Waals surface area contributed by atoms with Crippen LogP contribution in [0.3, 0.4) is 0 Å². The summed E-state index contributed by atoms with van der Waals surface area (Å²) in [6, 6.07) is 0. The number of aliphatic hydroxyl groups is 1. The molecule has 0 rings (SSSR count). The molecule has 0 aliphatic rings. The molecule has 11 heavy (non-hydrogen) atoms. The van der Waals surface area contributed by atoms with E-state index in [-0.39, 0.29) is 6.10 Å². The molecule has 0 aromatic heterocycles. The minimum absolute atomic E-state index is 0.0444. The van der Waals surface area contributed by atoms with Crippen LogP contribution in [0.15, 0.2) is 0 Å². The number of hydrogen-bond acceptors (Lipinski definition) is 3. The van der Waals surface area contributed by atoms with Crippen molar-refractivity contribution in [3.63, 3.8) is 0 Å². The van der Waals surface area contributed by atoms with E-state index in [2.05, 4.69) is 0 Å². The van der Waals surface area contributed by atoms with Crippen LogP contribution in [0, 0.1) is 0 Å². The maximum Gasteiger partial charge on any atom is 0.334 e. The van der Waals surface area contributed by atoms with Crippen LogP contribution >= 0.6 is 0 Å². The molecule has 66 valence electrons. The predicted molar refractivity (Wildman–Crippen MR) is 42.1 cm³/mol. The Balaban J connectivity index is 3.72. The van der Waals surface area contributed by atoms with Crippen molar-refractivity contribution in [2.24, 2.45) is 0 Å². The molecule has 0 fully saturated rings. The zero-order valence-corrected chi connectivity index (χ0v) is 7.33. The maximum atomic E-state index is 10.8. The van der Waals surface area contributed by atoms with Gasteiger partial charge in [0.2, 0.25) is 0 Å². The van der Waals surface area contributed by atoms with E-state index in [0.717, 1.165) is 12.8 Å². The Hall–Kier alpha value is -0.570. The summed E-state index contributed by atoms with van der Waals surface area (Å²) >= 11 is 0. The number of carbonyl (C=O) groups is 1. The normalized spacial score (nSPS) is 13.2. The third kappa shape index (κ3) is 3.98. The van der Waals surface area contributed by atoms with E-state index in [1.165, 1.54) is 6.92 Å². The van der Waals surface area contributed by atoms with Crippen molar-refractivity contribution in [3.05, 3.63) is 0 Å². The SMILES string of the molecule is CCC(CC)OC(=O)C(C)O. The van der Waals surface area contributed by atoms with Crippen molar-refractivity contribution in [3.8, 4) is 0 Å². The molecule has 0 saturated carbocycles. The summed E-state index contributed by atoms with van der Waals surface area (Å²) in [6.45, 7) is 5.30. The van der Waals surface area contributed by atoms with E-state index in [1.807, 2.05) is 13.8 Å². The van der Waals surface area contributed by atoms with Crippen molar-refractivity contribution in [1.29, 1.82) is 0 Å². The summed E-state index contributed by atoms with van der Waals surface area (Å²) in [5.41, 5.74) is 0. The van der Waals surface area contributed by atoms with E-state index >= 15 is 0 Å². The minimum atomic E-state index is -1.00. The fourth-order valence-electron chi connectivity index (χ4n) is 0.718. The van der Waals surface area contributed by atoms with Crippen molar-refractivity contribution in [1.82, 2.24) is 0 Å². The summed E-state index contributed by atoms with van der Waals surface area (Å²) in [6.07, 6.45) is 0.553. The fraction of sp³-hybridized carbons (Fsp3) is 0.875. The quantitative estimate of drug-likeness (QED) is 0.626. The van der Waals surface area contributed by atoms with Crippen molar-refractivity contribution < 1.29 is 14.6 Å². The van der Waals surface area contributed by atoms with Gasteiger partial charge in [-0.15, -0.1) is 0 Å². The van der Waals surface area contributed by atoms with Gasteiger partial charge in [-0.3, -0.25) is 0 Å². The van der Waals surface area contributed by atoms with Crippen molar-refractivity contribution >= 4 is 5.97 Å². The summed E-state index contributed by atoms with van der Waals surface area (Å²) in [5, 5.41) is 8.79. The first-order valence-corrected chi connectivity index (χ1v) is 4.00. The van der Waals surface area contributed by atoms with Crippen LogP contribution in [0.4, 0.5) is 0 Å². The van der Waals surface area contributed by atoms with Crippen LogP contribution in [-0.4, -0.2) is 23.3 Å². The van der Waals surface area contributed by atoms with E-state index in [0.29, 0.717) is 0 Å². The average Bonchev–Trinajstić information content (AvgIpc) is 1.99. The van der Waals surface area contributed by atoms with Gasteiger partial charge < -0.3 is 9.84 Å². The number of aliphatic hydroxyl groups excluding tert-OH is 1. The maximum absolute atomic E-state index is 10.8. The number of esters is 1. The largest absolute Gasteiger partial charge is 0.460 e. The highest BCUT2D eigenvalue weighted by Crippen LogP contribution is 2.03. The molecule has 0 saturated heterocycles. The van der Waals surface area contributed by atoms with Gasteiger partial charge >= 0.3 is 5.97 Å². The number of carbonyl (C=O) groups excluding carboxylic acids is 1. The van der Waals surface area contributed by atoms with Crippen molar-refractivity contribution in [2.45, 2.75) is 45.8 Å². The Labute approximate surface area is 67.4 Å². The molecule has 0 aliphatic heterocycles. The summed E-state index contributed by atoms with van der Waals surface area (Å²) in [5.74, 6) is -0.529. The van der Waals surface area contributed by atoms with Gasteiger partial charge in [-0.05, 0) is 19.8 Å². The minimum Gasteiger partial charge on any atom is -0.460 e. The monoisotopic (exact) mass is 160 g/mol. The molecule has 3 heteroatoms. The molecule has 3 nitrogen and oxygen atoms in total. The van der Waals surface area contributed by atoms with Crippen LogP contribution < -0.4 is 0 Å². The zero-order valence-electron chi connectivity index (χ0n) is 7.33. The summed E-state index contributed by atoms with van der Waals surface area (Å²) in [7, 11) is 0. The van der Waals surface area contributed by atoms with E-state index in [4.69, 9.17) is 9.84 Å². The van der Waals surface area contributed by atoms with Gasteiger partial charge in [-0.1, -0.05) is 13.8 Å². The molecule has 0 spiro atoms. The lowest BCUT2D eigenvalue weighted by atomic mass is 10.2. The van der Waals surface area contributed by atoms with E-state index in [9.17, 15) is 4.79 Å². The van der Waals surface area contributed by atoms with Gasteiger partial charge in [0.05, 0.1) is 0 Å². The van der Waals surface area contributed by atoms with Gasteiger partial charge in [0.15, 0.2) is 0 Å². The Morgan fingerprint density at radius 3 is 2.18 bits per heavy atom. The van der Waals surface area contributed by atoms with Crippen LogP contribution in [0.1, 0.15) is 33.6 Å². The van der Waals surface area contributed by atoms with Crippen LogP contribution in [-0.2, 0) is 9.53 Å². The van der Waals surface area contributed by atoms with Crippen LogP contribution in [0.5, 0.6) is 0 Å². The molecule has 0 aliphatic carbocycles. The smallest absolute Gasteiger partial charge is 0.334 e. The van der Waals surface area contributed by atoms with Crippen LogP contribution in [0.25, 0.3) is 0 Å². The molecule has 1 N–H and O–H groups in total. The molecule has 0 radical (unpaired) electrons. The standard InChI is InChI=1S/C8H16O3/c1-4-7(5-2)11-8(10)6(3)9/h6-7,9H,4-5H2,1-3H3. The molecular weight excluding hydrogens is 144 g/mol. The highest BCUT2D eigenvalue weighted by molar-refractivity contribution is 5.73. The molecule has 1 atom stereocenters. The van der Waals surface area contributed by atoms with Gasteiger partial charge in [0.25, 0.3) is 0 Å². The Morgan fingerprint density at radius 1 is 1.45 bits per heavy atom. The van der Waals surface area contributed by atoms with Crippen molar-refractivity contribution in [2.75, 3.05) is 0 Å². The summed E-state index contributed by atoms with van der Waals surface area (Å²) in [4.78, 5) is 10.8. The van der Waals surface area contributed by atoms with Crippen LogP contribution in [0.2, 0.25) is 0 Å². The molecular formula is C8H16O3. The molecule has 0 aromatic rings. The predicted octanol–water partition coefficient (Wildman–Crippen LogP) is 1.10. The number of ether oxygens (including phenoxy) is 1. The highest BCUT2D eigenvalue weighted by atomic mass is 16.6. The lowest BCUT2D eigenvalue weighted by Gasteiger charge is -2.14. The molecule has 0 aromatic carbocycles. The first kappa shape index (κ1) is 10.4. The van der Waals surface area contributed by atoms with Gasteiger partial charge in [-0.25, -0.2) is 4.79 Å². The third-order valence-electron chi connectivity index (χ3n) is 1.53. The number of hydrogen-bond donors (Lipinski definition) is 1. The molecule has 0 amide bonds. The van der Waals surface area contributed by atoms with E-state index in [1.54, 1.807) is 0 Å². The van der Waals surface area contributed by atoms with Gasteiger partial charge in [0, 0.05) is 0 Å². The Morgan fingerprint density at radius 2 is 1.91 bits per heavy atom. The zero-order chi connectivity index (χ0) is 8.85. The number of rotatable bonds is 4. The third-order valence-corrected chi connectivity index (χ3v) is 1.53. The second-order valence-corrected chi connectivity index (χ2v) is 2.55. The lowest BCUT2D eigenvalue weighted by Crippen LogP contribution is -2.25. The van der Waals surface area contributed by atoms with Gasteiger partial charge in [0.1, 0.15) is 12.2 Å². The Kier molecular flexibility index (Phi) is 4.86. The topological polar surface area (TPSA) is 46.5 Å². The first-order chi connectivity index (χ1) is 5.11. The Bertz CT molecular complexity index is 117. The first-order valence-electron chi connectivity index (χ1n) is 4.00. The molecule has 0 bridgehead atoms. The van der Waals surface area contributed by atoms with E-state index < -0.39 is 12.1 Å². The summed E-state index contributed by atoms with van der Waals surface area (Å²) < 4.78 is 4.92. The second kappa shape index (κ2) is 5.13. The fourth-order valence-corrected chi connectivity index (χ4v) is 0.718. The lowest BCUT2D eigenvalue weighted by molar-refractivity contribution is -0.158. The van der Waals surface area contributed by atoms with Gasteiger partial charge in [-0.2, -0.15) is 0 Å². The second-order valence-electron chi connectivity index (χ2n) is 2.55.